The van der Waals surface area contributed by atoms with Gasteiger partial charge in [0.25, 0.3) is 0 Å². The van der Waals surface area contributed by atoms with Crippen molar-refractivity contribution >= 4 is 11.7 Å². The Labute approximate surface area is 153 Å². The van der Waals surface area contributed by atoms with Crippen molar-refractivity contribution in [2.24, 2.45) is 11.8 Å². The summed E-state index contributed by atoms with van der Waals surface area (Å²) in [4.78, 5) is 18.7. The Morgan fingerprint density at radius 3 is 2.73 bits per heavy atom. The molecule has 2 aliphatic rings. The number of hydrogen-bond donors (Lipinski definition) is 1. The summed E-state index contributed by atoms with van der Waals surface area (Å²) in [5.41, 5.74) is 3.07. The molecule has 1 aromatic carbocycles. The second-order valence-corrected chi connectivity index (χ2v) is 7.36. The van der Waals surface area contributed by atoms with Crippen LogP contribution >= 0.6 is 0 Å². The highest BCUT2D eigenvalue weighted by Gasteiger charge is 2.31. The molecule has 2 bridgehead atoms. The van der Waals surface area contributed by atoms with Crippen molar-refractivity contribution in [3.05, 3.63) is 48.3 Å². The van der Waals surface area contributed by atoms with E-state index in [-0.39, 0.29) is 6.03 Å². The van der Waals surface area contributed by atoms with Gasteiger partial charge in [-0.2, -0.15) is 5.26 Å². The van der Waals surface area contributed by atoms with Crippen LogP contribution in [0.15, 0.2) is 42.7 Å². The van der Waals surface area contributed by atoms with Crippen molar-refractivity contribution in [1.82, 2.24) is 9.88 Å². The molecule has 132 valence electrons. The minimum Gasteiger partial charge on any atom is -0.324 e. The van der Waals surface area contributed by atoms with Crippen molar-refractivity contribution in [2.45, 2.75) is 25.7 Å². The Morgan fingerprint density at radius 2 is 1.92 bits per heavy atom. The summed E-state index contributed by atoms with van der Waals surface area (Å²) in [5, 5.41) is 12.3. The Kier molecular flexibility index (Phi) is 4.57. The van der Waals surface area contributed by atoms with Crippen LogP contribution in [0.5, 0.6) is 0 Å². The Bertz CT molecular complexity index is 843. The van der Waals surface area contributed by atoms with Crippen LogP contribution in [0.4, 0.5) is 10.5 Å². The normalized spacial score (nSPS) is 21.7. The number of nitrogens with zero attached hydrogens (tertiary/aromatic N) is 3. The van der Waals surface area contributed by atoms with E-state index in [1.54, 1.807) is 18.5 Å². The average Bonchev–Trinajstić information content (AvgIpc) is 3.00. The molecule has 4 rings (SSSR count). The van der Waals surface area contributed by atoms with Gasteiger partial charge >= 0.3 is 6.03 Å². The van der Waals surface area contributed by atoms with Crippen LogP contribution in [0.25, 0.3) is 11.1 Å². The summed E-state index contributed by atoms with van der Waals surface area (Å²) < 4.78 is 0. The van der Waals surface area contributed by atoms with E-state index >= 15 is 0 Å². The van der Waals surface area contributed by atoms with Crippen molar-refractivity contribution in [1.29, 1.82) is 5.26 Å². The lowest BCUT2D eigenvalue weighted by Crippen LogP contribution is -2.38. The maximum Gasteiger partial charge on any atom is 0.321 e. The molecule has 2 aromatic rings. The van der Waals surface area contributed by atoms with E-state index in [4.69, 9.17) is 0 Å². The van der Waals surface area contributed by atoms with Gasteiger partial charge in [-0.15, -0.1) is 0 Å². The molecule has 1 aliphatic carbocycles. The van der Waals surface area contributed by atoms with E-state index in [2.05, 4.69) is 16.4 Å². The number of benzene rings is 1. The topological polar surface area (TPSA) is 69.0 Å². The summed E-state index contributed by atoms with van der Waals surface area (Å²) in [7, 11) is 0. The van der Waals surface area contributed by atoms with Crippen LogP contribution in [0.3, 0.4) is 0 Å². The van der Waals surface area contributed by atoms with Gasteiger partial charge in [-0.1, -0.05) is 6.42 Å². The number of nitriles is 1. The highest BCUT2D eigenvalue weighted by atomic mass is 16.2. The first-order chi connectivity index (χ1) is 12.7. The highest BCUT2D eigenvalue weighted by molar-refractivity contribution is 5.90. The largest absolute Gasteiger partial charge is 0.324 e. The number of carbonyl (C=O) groups excluding carboxylic acids is 1. The molecule has 0 radical (unpaired) electrons. The molecule has 2 atom stereocenters. The number of nitrogens with one attached hydrogen (secondary N) is 1. The van der Waals surface area contributed by atoms with Gasteiger partial charge in [0.05, 0.1) is 11.6 Å². The molecule has 1 aliphatic heterocycles. The number of fused-ring (bicyclic) bond motifs is 2. The van der Waals surface area contributed by atoms with Crippen LogP contribution in [-0.4, -0.2) is 29.0 Å². The zero-order chi connectivity index (χ0) is 17.9. The van der Waals surface area contributed by atoms with Gasteiger partial charge in [0.2, 0.25) is 0 Å². The molecule has 2 amide bonds. The predicted octanol–water partition coefficient (Wildman–Crippen LogP) is 4.27. The Morgan fingerprint density at radius 1 is 1.12 bits per heavy atom. The summed E-state index contributed by atoms with van der Waals surface area (Å²) >= 11 is 0. The first-order valence-electron chi connectivity index (χ1n) is 9.23. The molecule has 2 unspecified atom stereocenters. The van der Waals surface area contributed by atoms with Crippen molar-refractivity contribution in [3.8, 4) is 17.2 Å². The minimum absolute atomic E-state index is 0.0617. The fourth-order valence-corrected chi connectivity index (χ4v) is 4.21. The Balaban J connectivity index is 1.54. The van der Waals surface area contributed by atoms with Gasteiger partial charge in [0.15, 0.2) is 0 Å². The van der Waals surface area contributed by atoms with Crippen LogP contribution in [0, 0.1) is 23.2 Å². The van der Waals surface area contributed by atoms with E-state index in [1.807, 2.05) is 29.2 Å². The van der Waals surface area contributed by atoms with Gasteiger partial charge < -0.3 is 10.2 Å². The van der Waals surface area contributed by atoms with E-state index in [1.165, 1.54) is 19.3 Å². The Hall–Kier alpha value is -2.87. The number of urea groups is 1. The SMILES string of the molecule is N#Cc1cc(NC(=O)N2CCC3CCC(C3)C2)cc(-c2ccncc2)c1. The first-order valence-corrected chi connectivity index (χ1v) is 9.23. The number of pyridine rings is 1. The molecule has 26 heavy (non-hydrogen) atoms. The standard InChI is InChI=1S/C21H22N4O/c22-13-17-10-19(18-3-6-23-7-4-18)12-20(11-17)24-21(26)25-8-5-15-1-2-16(9-15)14-25/h3-4,6-7,10-12,15-16H,1-2,5,8-9,14H2,(H,24,26). The number of carbonyl (C=O) groups is 1. The second kappa shape index (κ2) is 7.17. The maximum atomic E-state index is 12.8. The van der Waals surface area contributed by atoms with Gasteiger partial charge in [-0.3, -0.25) is 4.98 Å². The molecule has 5 heteroatoms. The number of anilines is 1. The number of aromatic nitrogens is 1. The number of amides is 2. The second-order valence-electron chi connectivity index (χ2n) is 7.36. The van der Waals surface area contributed by atoms with Crippen molar-refractivity contribution in [2.75, 3.05) is 18.4 Å². The lowest BCUT2D eigenvalue weighted by atomic mass is 10.0. The van der Waals surface area contributed by atoms with Gasteiger partial charge in [-0.25, -0.2) is 4.79 Å². The fourth-order valence-electron chi connectivity index (χ4n) is 4.21. The first kappa shape index (κ1) is 16.6. The third-order valence-electron chi connectivity index (χ3n) is 5.55. The van der Waals surface area contributed by atoms with E-state index < -0.39 is 0 Å². The molecule has 2 fully saturated rings. The monoisotopic (exact) mass is 346 g/mol. The fraction of sp³-hybridized carbons (Fsp3) is 0.381. The summed E-state index contributed by atoms with van der Waals surface area (Å²) in [6.07, 6.45) is 8.37. The van der Waals surface area contributed by atoms with Gasteiger partial charge in [-0.05, 0) is 72.6 Å². The molecule has 1 saturated heterocycles. The lowest BCUT2D eigenvalue weighted by Gasteiger charge is -2.25. The van der Waals surface area contributed by atoms with E-state index in [0.29, 0.717) is 17.2 Å². The number of rotatable bonds is 2. The third-order valence-corrected chi connectivity index (χ3v) is 5.55. The molecule has 1 saturated carbocycles. The summed E-state index contributed by atoms with van der Waals surface area (Å²) in [6.45, 7) is 1.67. The smallest absolute Gasteiger partial charge is 0.321 e. The average molecular weight is 346 g/mol. The van der Waals surface area contributed by atoms with Crippen molar-refractivity contribution < 1.29 is 4.79 Å². The summed E-state index contributed by atoms with van der Waals surface area (Å²) in [6, 6.07) is 11.4. The number of hydrogen-bond acceptors (Lipinski definition) is 3. The summed E-state index contributed by atoms with van der Waals surface area (Å²) in [5.74, 6) is 1.43. The molecule has 0 spiro atoms. The maximum absolute atomic E-state index is 12.8. The van der Waals surface area contributed by atoms with E-state index in [9.17, 15) is 10.1 Å². The van der Waals surface area contributed by atoms with Crippen LogP contribution < -0.4 is 5.32 Å². The molecular formula is C21H22N4O. The number of likely N-dealkylation sites (tertiary alicyclic amines) is 1. The van der Waals surface area contributed by atoms with Crippen molar-refractivity contribution in [3.63, 3.8) is 0 Å². The highest BCUT2D eigenvalue weighted by Crippen LogP contribution is 2.36. The molecule has 5 nitrogen and oxygen atoms in total. The third kappa shape index (κ3) is 3.55. The van der Waals surface area contributed by atoms with E-state index in [0.717, 1.165) is 36.6 Å². The van der Waals surface area contributed by atoms with Crippen LogP contribution in [0.1, 0.15) is 31.2 Å². The molecular weight excluding hydrogens is 324 g/mol. The molecule has 2 heterocycles. The van der Waals surface area contributed by atoms with Gasteiger partial charge in [0.1, 0.15) is 0 Å². The molecule has 1 N–H and O–H groups in total. The quantitative estimate of drug-likeness (QED) is 0.882. The lowest BCUT2D eigenvalue weighted by molar-refractivity contribution is 0.203. The molecule has 1 aromatic heterocycles. The zero-order valence-corrected chi connectivity index (χ0v) is 14.7. The predicted molar refractivity (Wildman–Crippen MR) is 100 cm³/mol. The van der Waals surface area contributed by atoms with Crippen LogP contribution in [-0.2, 0) is 0 Å². The van der Waals surface area contributed by atoms with Crippen LogP contribution in [0.2, 0.25) is 0 Å². The minimum atomic E-state index is -0.0617. The zero-order valence-electron chi connectivity index (χ0n) is 14.7. The van der Waals surface area contributed by atoms with Gasteiger partial charge in [0, 0.05) is 31.2 Å².